The molecule has 138 valence electrons. The number of aryl methyl sites for hydroxylation is 1. The minimum Gasteiger partial charge on any atom is -0.460 e. The average molecular weight is 357 g/mol. The van der Waals surface area contributed by atoms with Crippen LogP contribution in [-0.4, -0.2) is 26.1 Å². The number of hydrogen-bond acceptors (Lipinski definition) is 7. The summed E-state index contributed by atoms with van der Waals surface area (Å²) in [4.78, 5) is 25.8. The molecule has 0 atom stereocenters. The van der Waals surface area contributed by atoms with Gasteiger partial charge in [0.15, 0.2) is 5.82 Å². The zero-order valence-electron chi connectivity index (χ0n) is 15.2. The van der Waals surface area contributed by atoms with Gasteiger partial charge < -0.3 is 15.0 Å². The lowest BCUT2D eigenvalue weighted by Crippen LogP contribution is -2.24. The predicted molar refractivity (Wildman–Crippen MR) is 98.9 cm³/mol. The molecule has 26 heavy (non-hydrogen) atoms. The highest BCUT2D eigenvalue weighted by atomic mass is 16.6. The molecule has 0 saturated heterocycles. The van der Waals surface area contributed by atoms with Gasteiger partial charge in [-0.25, -0.2) is 15.9 Å². The highest BCUT2D eigenvalue weighted by molar-refractivity contribution is 6.06. The zero-order chi connectivity index (χ0) is 18.9. The van der Waals surface area contributed by atoms with Crippen LogP contribution in [0.1, 0.15) is 33.0 Å². The number of para-hydroxylation sites is 1. The van der Waals surface area contributed by atoms with Gasteiger partial charge in [0.2, 0.25) is 0 Å². The van der Waals surface area contributed by atoms with Gasteiger partial charge in [-0.05, 0) is 26.8 Å². The number of nitrogens with two attached hydrogens (primary N) is 2. The molecule has 4 N–H and O–H groups in total. The normalized spacial score (nSPS) is 12.0. The summed E-state index contributed by atoms with van der Waals surface area (Å²) in [5.74, 6) is 5.87. The van der Waals surface area contributed by atoms with Crippen LogP contribution in [0.2, 0.25) is 0 Å². The standard InChI is InChI=1S/C18H23N5O3/c1-18(2,3)26-14(24)8-9-23-13(10-25-20)22-15-16(23)11-6-4-5-7-12(11)21-17(15)19/h4-7H,8-10,20H2,1-3H3,(H2,19,21). The Hall–Kier alpha value is -2.71. The minimum atomic E-state index is -0.529. The molecule has 8 nitrogen and oxygen atoms in total. The van der Waals surface area contributed by atoms with E-state index < -0.39 is 5.60 Å². The number of fused-ring (bicyclic) bond motifs is 3. The van der Waals surface area contributed by atoms with Crippen LogP contribution in [0.4, 0.5) is 5.82 Å². The fraction of sp³-hybridized carbons (Fsp3) is 0.389. The van der Waals surface area contributed by atoms with E-state index >= 15 is 0 Å². The van der Waals surface area contributed by atoms with E-state index in [-0.39, 0.29) is 19.0 Å². The molecule has 2 aromatic heterocycles. The Balaban J connectivity index is 2.07. The lowest BCUT2D eigenvalue weighted by molar-refractivity contribution is -0.155. The van der Waals surface area contributed by atoms with Crippen molar-refractivity contribution < 1.29 is 14.4 Å². The van der Waals surface area contributed by atoms with Crippen LogP contribution < -0.4 is 11.6 Å². The Morgan fingerprint density at radius 1 is 1.23 bits per heavy atom. The van der Waals surface area contributed by atoms with Gasteiger partial charge in [-0.2, -0.15) is 0 Å². The number of ether oxygens (including phenoxy) is 1. The summed E-state index contributed by atoms with van der Waals surface area (Å²) in [5, 5.41) is 0.900. The summed E-state index contributed by atoms with van der Waals surface area (Å²) in [5.41, 5.74) is 7.70. The Morgan fingerprint density at radius 3 is 2.65 bits per heavy atom. The maximum atomic E-state index is 12.1. The first-order valence-electron chi connectivity index (χ1n) is 8.37. The third-order valence-corrected chi connectivity index (χ3v) is 3.86. The number of pyridine rings is 1. The van der Waals surface area contributed by atoms with Crippen molar-refractivity contribution >= 4 is 33.7 Å². The highest BCUT2D eigenvalue weighted by Gasteiger charge is 2.20. The largest absolute Gasteiger partial charge is 0.460 e. The van der Waals surface area contributed by atoms with Crippen molar-refractivity contribution in [3.8, 4) is 0 Å². The second kappa shape index (κ2) is 6.89. The molecular weight excluding hydrogens is 334 g/mol. The maximum Gasteiger partial charge on any atom is 0.308 e. The molecule has 0 aliphatic heterocycles. The number of rotatable bonds is 5. The van der Waals surface area contributed by atoms with Crippen LogP contribution in [-0.2, 0) is 27.5 Å². The molecule has 0 aliphatic rings. The topological polar surface area (TPSA) is 118 Å². The number of nitrogen functional groups attached to an aromatic ring is 1. The third kappa shape index (κ3) is 3.61. The van der Waals surface area contributed by atoms with E-state index in [0.29, 0.717) is 23.7 Å². The third-order valence-electron chi connectivity index (χ3n) is 3.86. The fourth-order valence-corrected chi connectivity index (χ4v) is 2.93. The average Bonchev–Trinajstić information content (AvgIpc) is 2.91. The molecule has 0 aliphatic carbocycles. The van der Waals surface area contributed by atoms with Gasteiger partial charge in [-0.1, -0.05) is 18.2 Å². The van der Waals surface area contributed by atoms with E-state index in [9.17, 15) is 4.79 Å². The van der Waals surface area contributed by atoms with E-state index in [0.717, 1.165) is 16.4 Å². The molecule has 8 heteroatoms. The van der Waals surface area contributed by atoms with E-state index in [1.807, 2.05) is 49.6 Å². The monoisotopic (exact) mass is 357 g/mol. The smallest absolute Gasteiger partial charge is 0.308 e. The number of nitrogens with zero attached hydrogens (tertiary/aromatic N) is 3. The van der Waals surface area contributed by atoms with Crippen molar-refractivity contribution in [1.29, 1.82) is 0 Å². The van der Waals surface area contributed by atoms with Crippen molar-refractivity contribution in [2.24, 2.45) is 5.90 Å². The number of imidazole rings is 1. The van der Waals surface area contributed by atoms with E-state index in [1.165, 1.54) is 0 Å². The first-order chi connectivity index (χ1) is 12.3. The Morgan fingerprint density at radius 2 is 1.96 bits per heavy atom. The lowest BCUT2D eigenvalue weighted by atomic mass is 10.2. The molecule has 3 aromatic rings. The molecule has 0 bridgehead atoms. The van der Waals surface area contributed by atoms with Crippen LogP contribution in [0, 0.1) is 0 Å². The van der Waals surface area contributed by atoms with Crippen LogP contribution in [0.3, 0.4) is 0 Å². The molecule has 0 spiro atoms. The fourth-order valence-electron chi connectivity index (χ4n) is 2.93. The molecular formula is C18H23N5O3. The first kappa shape index (κ1) is 18.1. The number of hydrogen-bond donors (Lipinski definition) is 2. The summed E-state index contributed by atoms with van der Waals surface area (Å²) in [7, 11) is 0. The van der Waals surface area contributed by atoms with Crippen molar-refractivity contribution in [2.75, 3.05) is 5.73 Å². The summed E-state index contributed by atoms with van der Waals surface area (Å²) < 4.78 is 7.29. The number of aromatic nitrogens is 3. The summed E-state index contributed by atoms with van der Waals surface area (Å²) in [6.07, 6.45) is 0.191. The van der Waals surface area contributed by atoms with Gasteiger partial charge >= 0.3 is 5.97 Å². The van der Waals surface area contributed by atoms with Crippen LogP contribution in [0.25, 0.3) is 21.9 Å². The zero-order valence-corrected chi connectivity index (χ0v) is 15.2. The number of benzene rings is 1. The minimum absolute atomic E-state index is 0.0940. The predicted octanol–water partition coefficient (Wildman–Crippen LogP) is 2.29. The molecule has 0 amide bonds. The molecule has 0 radical (unpaired) electrons. The number of carbonyl (C=O) groups is 1. The van der Waals surface area contributed by atoms with Crippen LogP contribution >= 0.6 is 0 Å². The van der Waals surface area contributed by atoms with E-state index in [2.05, 4.69) is 9.97 Å². The SMILES string of the molecule is CC(C)(C)OC(=O)CCn1c(CON)nc2c(N)nc3ccccc3c21. The van der Waals surface area contributed by atoms with E-state index in [4.69, 9.17) is 21.2 Å². The maximum absolute atomic E-state index is 12.1. The Bertz CT molecular complexity index is 959. The molecule has 0 fully saturated rings. The van der Waals surface area contributed by atoms with Gasteiger partial charge in [0.25, 0.3) is 0 Å². The molecule has 0 unspecified atom stereocenters. The van der Waals surface area contributed by atoms with Crippen molar-refractivity contribution in [3.63, 3.8) is 0 Å². The van der Waals surface area contributed by atoms with Crippen molar-refractivity contribution in [3.05, 3.63) is 30.1 Å². The number of carbonyl (C=O) groups excluding carboxylic acids is 1. The summed E-state index contributed by atoms with van der Waals surface area (Å²) in [6, 6.07) is 7.65. The van der Waals surface area contributed by atoms with E-state index in [1.54, 1.807) is 0 Å². The Kier molecular flexibility index (Phi) is 4.80. The van der Waals surface area contributed by atoms with Crippen molar-refractivity contribution in [1.82, 2.24) is 14.5 Å². The number of anilines is 1. The molecule has 3 rings (SSSR count). The van der Waals surface area contributed by atoms with Crippen molar-refractivity contribution in [2.45, 2.75) is 45.9 Å². The Labute approximate surface area is 151 Å². The van der Waals surface area contributed by atoms with Crippen LogP contribution in [0.15, 0.2) is 24.3 Å². The van der Waals surface area contributed by atoms with Gasteiger partial charge in [0.1, 0.15) is 23.5 Å². The highest BCUT2D eigenvalue weighted by Crippen LogP contribution is 2.29. The van der Waals surface area contributed by atoms with Gasteiger partial charge in [0.05, 0.1) is 17.5 Å². The molecule has 1 aromatic carbocycles. The first-order valence-corrected chi connectivity index (χ1v) is 8.37. The second-order valence-corrected chi connectivity index (χ2v) is 7.04. The molecule has 0 saturated carbocycles. The summed E-state index contributed by atoms with van der Waals surface area (Å²) >= 11 is 0. The lowest BCUT2D eigenvalue weighted by Gasteiger charge is -2.19. The van der Waals surface area contributed by atoms with Gasteiger partial charge in [0, 0.05) is 11.9 Å². The second-order valence-electron chi connectivity index (χ2n) is 7.04. The summed E-state index contributed by atoms with van der Waals surface area (Å²) in [6.45, 7) is 5.98. The van der Waals surface area contributed by atoms with Gasteiger partial charge in [-0.15, -0.1) is 0 Å². The molecule has 2 heterocycles. The number of esters is 1. The van der Waals surface area contributed by atoms with Gasteiger partial charge in [-0.3, -0.25) is 9.63 Å². The van der Waals surface area contributed by atoms with Crippen LogP contribution in [0.5, 0.6) is 0 Å². The quantitative estimate of drug-likeness (QED) is 0.531.